The van der Waals surface area contributed by atoms with Crippen molar-refractivity contribution in [2.45, 2.75) is 103 Å². The lowest BCUT2D eigenvalue weighted by Crippen LogP contribution is -2.61. The normalized spacial score (nSPS) is 14.0. The Labute approximate surface area is 293 Å². The number of carbonyl (C=O) groups is 4. The number of rotatable bonds is 17. The number of ketones is 2. The maximum atomic E-state index is 14.5. The van der Waals surface area contributed by atoms with Gasteiger partial charge in [0, 0.05) is 41.9 Å². The van der Waals surface area contributed by atoms with Gasteiger partial charge in [-0.2, -0.15) is 0 Å². The highest BCUT2D eigenvalue weighted by Crippen LogP contribution is 2.52. The van der Waals surface area contributed by atoms with E-state index in [1.165, 1.54) is 6.92 Å². The number of hydrogen-bond donors (Lipinski definition) is 2. The van der Waals surface area contributed by atoms with E-state index in [-0.39, 0.29) is 37.2 Å². The first-order chi connectivity index (χ1) is 23.0. The molecule has 49 heavy (non-hydrogen) atoms. The predicted molar refractivity (Wildman–Crippen MR) is 196 cm³/mol. The highest BCUT2D eigenvalue weighted by Gasteiger charge is 2.61. The maximum Gasteiger partial charge on any atom is 0.412 e. The first-order valence-corrected chi connectivity index (χ1v) is 18.9. The van der Waals surface area contributed by atoms with E-state index in [4.69, 9.17) is 14.6 Å². The molecule has 3 atom stereocenters. The molecule has 8 nitrogen and oxygen atoms in total. The van der Waals surface area contributed by atoms with E-state index in [1.807, 2.05) is 133 Å². The summed E-state index contributed by atoms with van der Waals surface area (Å²) >= 11 is 0. The van der Waals surface area contributed by atoms with Gasteiger partial charge in [-0.3, -0.25) is 19.2 Å². The first-order valence-electron chi connectivity index (χ1n) is 17.1. The summed E-state index contributed by atoms with van der Waals surface area (Å²) in [6.45, 7) is 14.0. The zero-order chi connectivity index (χ0) is 36.2. The molecule has 0 heterocycles. The molecule has 3 N–H and O–H groups in total. The second kappa shape index (κ2) is 17.6. The Kier molecular flexibility index (Phi) is 14.2. The van der Waals surface area contributed by atoms with E-state index in [9.17, 15) is 19.2 Å². The largest absolute Gasteiger partial charge is 0.492 e. The molecule has 0 radical (unpaired) electrons. The van der Waals surface area contributed by atoms with Crippen LogP contribution in [0.3, 0.4) is 0 Å². The van der Waals surface area contributed by atoms with Crippen LogP contribution in [0.4, 0.5) is 0 Å². The molecule has 0 aliphatic carbocycles. The molecule has 0 aromatic heterocycles. The summed E-state index contributed by atoms with van der Waals surface area (Å²) in [5, 5.41) is 1.93. The van der Waals surface area contributed by atoms with Gasteiger partial charge in [0.15, 0.2) is 5.78 Å². The summed E-state index contributed by atoms with van der Waals surface area (Å²) in [5.74, 6) is -2.45. The summed E-state index contributed by atoms with van der Waals surface area (Å²) in [5.41, 5.74) is 8.87. The number of nitrogens with two attached hydrogens (primary N) is 1. The minimum absolute atomic E-state index is 0.0991. The average molecular weight is 687 g/mol. The van der Waals surface area contributed by atoms with E-state index >= 15 is 0 Å². The van der Waals surface area contributed by atoms with Crippen LogP contribution < -0.4 is 11.1 Å². The van der Waals surface area contributed by atoms with Gasteiger partial charge in [-0.05, 0) is 36.5 Å². The molecule has 0 saturated heterocycles. The molecule has 1 amide bonds. The van der Waals surface area contributed by atoms with Gasteiger partial charge in [0.25, 0.3) is 0 Å². The maximum absolute atomic E-state index is 14.5. The molecule has 264 valence electrons. The first kappa shape index (κ1) is 39.5. The Morgan fingerprint density at radius 1 is 0.714 bits per heavy atom. The van der Waals surface area contributed by atoms with E-state index in [0.717, 1.165) is 16.7 Å². The number of carbonyl (C=O) groups excluding carboxylic acids is 4. The number of hydrogen-bond acceptors (Lipinski definition) is 7. The number of nitrogens with one attached hydrogen (secondary N) is 1. The van der Waals surface area contributed by atoms with Crippen LogP contribution in [-0.2, 0) is 47.3 Å². The molecule has 0 bridgehead atoms. The van der Waals surface area contributed by atoms with Gasteiger partial charge in [-0.1, -0.05) is 133 Å². The van der Waals surface area contributed by atoms with Crippen LogP contribution in [0, 0.1) is 5.92 Å². The fourth-order valence-corrected chi connectivity index (χ4v) is 11.0. The average Bonchev–Trinajstić information content (AvgIpc) is 3.03. The van der Waals surface area contributed by atoms with Gasteiger partial charge in [0.1, 0.15) is 11.8 Å². The summed E-state index contributed by atoms with van der Waals surface area (Å²) in [7, 11) is -3.40. The quantitative estimate of drug-likeness (QED) is 0.152. The Balaban J connectivity index is 1.95. The minimum atomic E-state index is -3.40. The second-order valence-electron chi connectivity index (χ2n) is 14.9. The van der Waals surface area contributed by atoms with Gasteiger partial charge in [-0.15, -0.1) is 0 Å². The van der Waals surface area contributed by atoms with Crippen molar-refractivity contribution in [3.8, 4) is 0 Å². The summed E-state index contributed by atoms with van der Waals surface area (Å²) in [6.07, 6.45) is 0.823. The zero-order valence-corrected chi connectivity index (χ0v) is 31.2. The smallest absolute Gasteiger partial charge is 0.412 e. The van der Waals surface area contributed by atoms with E-state index in [0.29, 0.717) is 13.0 Å². The summed E-state index contributed by atoms with van der Waals surface area (Å²) < 4.78 is 13.4. The number of amides is 1. The molecule has 3 rings (SSSR count). The molecule has 0 saturated carbocycles. The van der Waals surface area contributed by atoms with Crippen molar-refractivity contribution in [2.24, 2.45) is 11.7 Å². The Bertz CT molecular complexity index is 1500. The fourth-order valence-electron chi connectivity index (χ4n) is 6.37. The van der Waals surface area contributed by atoms with Crippen LogP contribution in [0.2, 0.25) is 10.1 Å². The van der Waals surface area contributed by atoms with Gasteiger partial charge >= 0.3 is 14.5 Å². The van der Waals surface area contributed by atoms with Gasteiger partial charge < -0.3 is 19.9 Å². The fraction of sp³-hybridized carbons (Fsp3) is 0.450. The van der Waals surface area contributed by atoms with Crippen molar-refractivity contribution >= 4 is 32.0 Å². The van der Waals surface area contributed by atoms with E-state index in [1.54, 1.807) is 0 Å². The highest BCUT2D eigenvalue weighted by molar-refractivity contribution is 6.74. The van der Waals surface area contributed by atoms with Gasteiger partial charge in [0.2, 0.25) is 5.91 Å². The predicted octanol–water partition coefficient (Wildman–Crippen LogP) is 6.68. The number of Topliss-reactive ketones (excluding diaryl/α,β-unsaturated/α-hetero) is 2. The number of benzene rings is 3. The standard InChI is InChI=1S/C40H54N2O6Si/c1-29(43)25-34(41)36(44)28-33(26-31-19-13-9-14-20-31)37(45)42-35(27-32-21-15-10-16-22-32)38(46)48-49(39(2,3)4,40(5,6)7)47-24-23-30-17-11-8-12-18-30/h8-22,33-35H,23-28,41H2,1-7H3,(H,42,45)/t33-,34+,35+/m1/s1. The molecule has 0 aliphatic heterocycles. The van der Waals surface area contributed by atoms with E-state index in [2.05, 4.69) is 5.32 Å². The molecular weight excluding hydrogens is 633 g/mol. The summed E-state index contributed by atoms with van der Waals surface area (Å²) in [4.78, 5) is 53.4. The van der Waals surface area contributed by atoms with Crippen LogP contribution in [0.1, 0.15) is 78.0 Å². The lowest BCUT2D eigenvalue weighted by Gasteiger charge is -2.48. The molecule has 0 spiro atoms. The third-order valence-corrected chi connectivity index (χ3v) is 13.8. The van der Waals surface area contributed by atoms with Crippen LogP contribution >= 0.6 is 0 Å². The molecule has 3 aromatic carbocycles. The molecule has 0 fully saturated rings. The van der Waals surface area contributed by atoms with Crippen molar-refractivity contribution in [2.75, 3.05) is 6.61 Å². The topological polar surface area (TPSA) is 125 Å². The highest BCUT2D eigenvalue weighted by atomic mass is 28.4. The Morgan fingerprint density at radius 2 is 1.18 bits per heavy atom. The van der Waals surface area contributed by atoms with Gasteiger partial charge in [0.05, 0.1) is 6.04 Å². The van der Waals surface area contributed by atoms with Crippen molar-refractivity contribution < 1.29 is 28.0 Å². The van der Waals surface area contributed by atoms with Crippen LogP contribution in [0.5, 0.6) is 0 Å². The van der Waals surface area contributed by atoms with Crippen LogP contribution in [0.25, 0.3) is 0 Å². The molecule has 0 aliphatic rings. The third-order valence-electron chi connectivity index (χ3n) is 8.71. The lowest BCUT2D eigenvalue weighted by molar-refractivity contribution is -0.143. The SMILES string of the molecule is CC(=O)C[C@H](N)C(=O)C[C@@H](Cc1ccccc1)C(=O)N[C@@H](Cc1ccccc1)C(=O)O[Si](OCCc1ccccc1)(C(C)(C)C)C(C)(C)C. The van der Waals surface area contributed by atoms with Crippen LogP contribution in [0.15, 0.2) is 91.0 Å². The second-order valence-corrected chi connectivity index (χ2v) is 19.7. The summed E-state index contributed by atoms with van der Waals surface area (Å²) in [6, 6.07) is 26.8. The lowest BCUT2D eigenvalue weighted by atomic mass is 9.90. The van der Waals surface area contributed by atoms with Crippen LogP contribution in [-0.4, -0.2) is 50.7 Å². The third kappa shape index (κ3) is 11.6. The van der Waals surface area contributed by atoms with Gasteiger partial charge in [-0.25, -0.2) is 0 Å². The van der Waals surface area contributed by atoms with Crippen molar-refractivity contribution in [3.05, 3.63) is 108 Å². The van der Waals surface area contributed by atoms with Crippen molar-refractivity contribution in [1.82, 2.24) is 5.32 Å². The van der Waals surface area contributed by atoms with Crippen molar-refractivity contribution in [1.29, 1.82) is 0 Å². The molecule has 9 heteroatoms. The molecule has 0 unspecified atom stereocenters. The monoisotopic (exact) mass is 686 g/mol. The molecule has 3 aromatic rings. The Hall–Kier alpha value is -3.92. The zero-order valence-electron chi connectivity index (χ0n) is 30.2. The van der Waals surface area contributed by atoms with Crippen molar-refractivity contribution in [3.63, 3.8) is 0 Å². The Morgan fingerprint density at radius 3 is 1.65 bits per heavy atom. The molecular formula is C40H54N2O6Si. The van der Waals surface area contributed by atoms with E-state index < -0.39 is 48.5 Å². The minimum Gasteiger partial charge on any atom is -0.492 e.